The van der Waals surface area contributed by atoms with Crippen LogP contribution in [-0.4, -0.2) is 24.9 Å². The number of hydrogen-bond donors (Lipinski definition) is 2. The summed E-state index contributed by atoms with van der Waals surface area (Å²) in [7, 11) is 0. The summed E-state index contributed by atoms with van der Waals surface area (Å²) < 4.78 is 0. The molecule has 0 radical (unpaired) electrons. The van der Waals surface area contributed by atoms with Gasteiger partial charge in [-0.25, -0.2) is 0 Å². The van der Waals surface area contributed by atoms with Crippen LogP contribution in [0.4, 0.5) is 0 Å². The molecule has 15 heavy (non-hydrogen) atoms. The van der Waals surface area contributed by atoms with E-state index in [1.54, 1.807) is 0 Å². The summed E-state index contributed by atoms with van der Waals surface area (Å²) in [6, 6.07) is 0. The largest absolute Gasteiger partial charge is 0.354 e. The summed E-state index contributed by atoms with van der Waals surface area (Å²) in [5, 5.41) is 5.50. The summed E-state index contributed by atoms with van der Waals surface area (Å²) in [6.45, 7) is 10.2. The van der Waals surface area contributed by atoms with Gasteiger partial charge in [0.1, 0.15) is 0 Å². The Bertz CT molecular complexity index is 229. The molecule has 88 valence electrons. The fraction of sp³-hybridized carbons (Fsp3) is 0.818. The molecule has 4 heteroatoms. The summed E-state index contributed by atoms with van der Waals surface area (Å²) in [4.78, 5) is 22.6. The van der Waals surface area contributed by atoms with Gasteiger partial charge in [-0.1, -0.05) is 34.6 Å². The van der Waals surface area contributed by atoms with Crippen LogP contribution in [0.3, 0.4) is 0 Å². The third-order valence-corrected chi connectivity index (χ3v) is 1.92. The average molecular weight is 214 g/mol. The van der Waals surface area contributed by atoms with E-state index in [9.17, 15) is 9.59 Å². The highest BCUT2D eigenvalue weighted by atomic mass is 16.2. The molecular formula is C11H22N2O2. The first-order valence-corrected chi connectivity index (χ1v) is 5.31. The van der Waals surface area contributed by atoms with Crippen LogP contribution in [0.2, 0.25) is 0 Å². The minimum absolute atomic E-state index is 0.00120. The number of carbonyl (C=O) groups is 2. The highest BCUT2D eigenvalue weighted by Gasteiger charge is 2.20. The molecule has 0 bridgehead atoms. The molecule has 0 saturated carbocycles. The van der Waals surface area contributed by atoms with Crippen molar-refractivity contribution in [2.45, 2.75) is 34.6 Å². The van der Waals surface area contributed by atoms with Crippen molar-refractivity contribution >= 4 is 11.8 Å². The second-order valence-electron chi connectivity index (χ2n) is 4.95. The van der Waals surface area contributed by atoms with Crippen molar-refractivity contribution in [2.24, 2.45) is 11.3 Å². The van der Waals surface area contributed by atoms with Crippen LogP contribution < -0.4 is 10.6 Å². The van der Waals surface area contributed by atoms with E-state index in [-0.39, 0.29) is 23.1 Å². The Morgan fingerprint density at radius 2 is 1.53 bits per heavy atom. The molecule has 0 saturated heterocycles. The van der Waals surface area contributed by atoms with E-state index in [0.29, 0.717) is 13.1 Å². The van der Waals surface area contributed by atoms with Gasteiger partial charge in [-0.05, 0) is 0 Å². The maximum absolute atomic E-state index is 11.4. The predicted octanol–water partition coefficient (Wildman–Crippen LogP) is 0.921. The summed E-state index contributed by atoms with van der Waals surface area (Å²) in [5.41, 5.74) is -0.373. The third kappa shape index (κ3) is 6.10. The van der Waals surface area contributed by atoms with E-state index in [4.69, 9.17) is 0 Å². The molecule has 0 heterocycles. The molecule has 0 aromatic rings. The number of nitrogens with one attached hydrogen (secondary N) is 2. The first kappa shape index (κ1) is 13.9. The molecule has 0 rings (SSSR count). The van der Waals surface area contributed by atoms with Gasteiger partial charge in [-0.2, -0.15) is 0 Å². The van der Waals surface area contributed by atoms with Crippen LogP contribution in [0.5, 0.6) is 0 Å². The molecule has 2 amide bonds. The van der Waals surface area contributed by atoms with Crippen LogP contribution in [-0.2, 0) is 9.59 Å². The quantitative estimate of drug-likeness (QED) is 0.684. The fourth-order valence-corrected chi connectivity index (χ4v) is 0.831. The Morgan fingerprint density at radius 3 is 1.93 bits per heavy atom. The molecule has 0 aliphatic heterocycles. The van der Waals surface area contributed by atoms with E-state index in [1.165, 1.54) is 0 Å². The molecule has 4 nitrogen and oxygen atoms in total. The molecular weight excluding hydrogens is 192 g/mol. The molecule has 2 N–H and O–H groups in total. The maximum atomic E-state index is 11.4. The summed E-state index contributed by atoms with van der Waals surface area (Å²) >= 11 is 0. The van der Waals surface area contributed by atoms with Gasteiger partial charge in [-0.3, -0.25) is 9.59 Å². The van der Waals surface area contributed by atoms with Gasteiger partial charge < -0.3 is 10.6 Å². The van der Waals surface area contributed by atoms with E-state index in [1.807, 2.05) is 34.6 Å². The van der Waals surface area contributed by atoms with Crippen LogP contribution in [0.15, 0.2) is 0 Å². The van der Waals surface area contributed by atoms with Crippen LogP contribution in [0.1, 0.15) is 34.6 Å². The van der Waals surface area contributed by atoms with Gasteiger partial charge in [0, 0.05) is 24.4 Å². The molecule has 0 aromatic carbocycles. The maximum Gasteiger partial charge on any atom is 0.225 e. The zero-order valence-electron chi connectivity index (χ0n) is 10.3. The number of amides is 2. The molecule has 0 unspecified atom stereocenters. The Balaban J connectivity index is 3.65. The molecule has 0 spiro atoms. The van der Waals surface area contributed by atoms with Gasteiger partial charge >= 0.3 is 0 Å². The summed E-state index contributed by atoms with van der Waals surface area (Å²) in [5.74, 6) is 0.00428. The zero-order chi connectivity index (χ0) is 12.1. The van der Waals surface area contributed by atoms with Crippen LogP contribution in [0, 0.1) is 11.3 Å². The SMILES string of the molecule is CC(C)C(=O)NCCNC(=O)C(C)(C)C. The van der Waals surface area contributed by atoms with Crippen molar-refractivity contribution in [3.05, 3.63) is 0 Å². The predicted molar refractivity (Wildman–Crippen MR) is 60.3 cm³/mol. The monoisotopic (exact) mass is 214 g/mol. The topological polar surface area (TPSA) is 58.2 Å². The standard InChI is InChI=1S/C11H22N2O2/c1-8(2)9(14)12-6-7-13-10(15)11(3,4)5/h8H,6-7H2,1-5H3,(H,12,14)(H,13,15). The average Bonchev–Trinajstić information content (AvgIpc) is 2.09. The lowest BCUT2D eigenvalue weighted by Crippen LogP contribution is -2.40. The van der Waals surface area contributed by atoms with E-state index < -0.39 is 0 Å². The van der Waals surface area contributed by atoms with E-state index in [2.05, 4.69) is 10.6 Å². The number of carbonyl (C=O) groups excluding carboxylic acids is 2. The molecule has 0 aromatic heterocycles. The molecule has 0 atom stereocenters. The Hall–Kier alpha value is -1.06. The van der Waals surface area contributed by atoms with Crippen molar-refractivity contribution in [1.29, 1.82) is 0 Å². The van der Waals surface area contributed by atoms with Crippen LogP contribution >= 0.6 is 0 Å². The normalized spacial score (nSPS) is 11.3. The molecule has 0 fully saturated rings. The van der Waals surface area contributed by atoms with Crippen molar-refractivity contribution in [3.63, 3.8) is 0 Å². The Labute approximate surface area is 91.8 Å². The van der Waals surface area contributed by atoms with Gasteiger partial charge in [0.2, 0.25) is 11.8 Å². The van der Waals surface area contributed by atoms with Crippen LogP contribution in [0.25, 0.3) is 0 Å². The Morgan fingerprint density at radius 1 is 1.07 bits per heavy atom. The Kier molecular flexibility index (Phi) is 5.33. The fourth-order valence-electron chi connectivity index (χ4n) is 0.831. The lowest BCUT2D eigenvalue weighted by molar-refractivity contribution is -0.129. The van der Waals surface area contributed by atoms with Crippen molar-refractivity contribution in [1.82, 2.24) is 10.6 Å². The smallest absolute Gasteiger partial charge is 0.225 e. The molecule has 0 aliphatic rings. The number of rotatable bonds is 4. The highest BCUT2D eigenvalue weighted by molar-refractivity contribution is 5.81. The van der Waals surface area contributed by atoms with Gasteiger partial charge in [0.15, 0.2) is 0 Å². The lowest BCUT2D eigenvalue weighted by Gasteiger charge is -2.17. The van der Waals surface area contributed by atoms with Gasteiger partial charge in [-0.15, -0.1) is 0 Å². The minimum atomic E-state index is -0.373. The van der Waals surface area contributed by atoms with Gasteiger partial charge in [0.05, 0.1) is 0 Å². The lowest BCUT2D eigenvalue weighted by atomic mass is 9.96. The van der Waals surface area contributed by atoms with Crippen molar-refractivity contribution in [3.8, 4) is 0 Å². The van der Waals surface area contributed by atoms with E-state index in [0.717, 1.165) is 0 Å². The second-order valence-corrected chi connectivity index (χ2v) is 4.95. The second kappa shape index (κ2) is 5.73. The van der Waals surface area contributed by atoms with E-state index >= 15 is 0 Å². The third-order valence-electron chi connectivity index (χ3n) is 1.92. The summed E-state index contributed by atoms with van der Waals surface area (Å²) in [6.07, 6.45) is 0. The van der Waals surface area contributed by atoms with Gasteiger partial charge in [0.25, 0.3) is 0 Å². The zero-order valence-corrected chi connectivity index (χ0v) is 10.3. The first-order chi connectivity index (χ1) is 6.75. The number of hydrogen-bond acceptors (Lipinski definition) is 2. The first-order valence-electron chi connectivity index (χ1n) is 5.31. The van der Waals surface area contributed by atoms with Crippen molar-refractivity contribution in [2.75, 3.05) is 13.1 Å². The highest BCUT2D eigenvalue weighted by Crippen LogP contribution is 2.11. The van der Waals surface area contributed by atoms with Crippen molar-refractivity contribution < 1.29 is 9.59 Å². The molecule has 0 aliphatic carbocycles. The minimum Gasteiger partial charge on any atom is -0.354 e.